The summed E-state index contributed by atoms with van der Waals surface area (Å²) in [6.45, 7) is 9.42. The van der Waals surface area contributed by atoms with Crippen molar-refractivity contribution in [1.82, 2.24) is 15.4 Å². The van der Waals surface area contributed by atoms with Crippen LogP contribution in [0, 0.1) is 0 Å². The van der Waals surface area contributed by atoms with Gasteiger partial charge in [-0.2, -0.15) is 0 Å². The van der Waals surface area contributed by atoms with Gasteiger partial charge in [0.2, 0.25) is 0 Å². The Labute approximate surface area is 162 Å². The van der Waals surface area contributed by atoms with Crippen LogP contribution in [0.1, 0.15) is 79.1 Å². The van der Waals surface area contributed by atoms with Crippen molar-refractivity contribution >= 4 is 18.3 Å². The van der Waals surface area contributed by atoms with Crippen LogP contribution in [-0.2, 0) is 0 Å². The van der Waals surface area contributed by atoms with Gasteiger partial charge in [0.05, 0.1) is 35.7 Å². The van der Waals surface area contributed by atoms with Gasteiger partial charge >= 0.3 is 0 Å². The van der Waals surface area contributed by atoms with Gasteiger partial charge in [0.15, 0.2) is 0 Å². The van der Waals surface area contributed by atoms with E-state index in [9.17, 15) is 0 Å². The Kier molecular flexibility index (Phi) is 12.6. The first-order chi connectivity index (χ1) is 12.7. The number of aromatic nitrogens is 3. The van der Waals surface area contributed by atoms with Gasteiger partial charge in [0.25, 0.3) is 0 Å². The maximum absolute atomic E-state index is 3.76. The summed E-state index contributed by atoms with van der Waals surface area (Å²) in [7, 11) is -0.562. The summed E-state index contributed by atoms with van der Waals surface area (Å²) in [5.41, 5.74) is 1.72. The average molecular weight is 378 g/mol. The summed E-state index contributed by atoms with van der Waals surface area (Å²) in [4.78, 5) is 0. The molecule has 0 saturated heterocycles. The van der Waals surface area contributed by atoms with Crippen LogP contribution in [0.4, 0.5) is 0 Å². The van der Waals surface area contributed by atoms with Crippen molar-refractivity contribution in [2.75, 3.05) is 24.6 Å². The molecule has 0 fully saturated rings. The van der Waals surface area contributed by atoms with Crippen molar-refractivity contribution in [3.05, 3.63) is 24.3 Å². The standard InChI is InChI=1S/C16H36P.C6H4N3/c1-5-9-13-17(14-10-6-2,15-11-7-3)16-12-8-4;1-2-4-6-5(3-1)7-9-8-6/h5-16H2,1-4H3;1-4H/q+1;-1. The number of hydrogen-bond donors (Lipinski definition) is 0. The van der Waals surface area contributed by atoms with E-state index in [1.807, 2.05) is 24.3 Å². The van der Waals surface area contributed by atoms with Crippen LogP contribution >= 0.6 is 7.26 Å². The second-order valence-corrected chi connectivity index (χ2v) is 11.9. The Morgan fingerprint density at radius 3 is 1.31 bits per heavy atom. The molecule has 148 valence electrons. The lowest BCUT2D eigenvalue weighted by Crippen LogP contribution is -2.12. The maximum Gasteiger partial charge on any atom is 0.0665 e. The summed E-state index contributed by atoms with van der Waals surface area (Å²) in [6.07, 6.45) is 17.9. The highest BCUT2D eigenvalue weighted by atomic mass is 31.2. The molecular weight excluding hydrogens is 337 g/mol. The van der Waals surface area contributed by atoms with Crippen molar-refractivity contribution in [1.29, 1.82) is 0 Å². The molecular formula is C22H40N3P. The smallest absolute Gasteiger partial charge is 0.0665 e. The average Bonchev–Trinajstić information content (AvgIpc) is 3.16. The molecule has 0 aliphatic carbocycles. The molecule has 0 saturated carbocycles. The van der Waals surface area contributed by atoms with Crippen LogP contribution in [0.5, 0.6) is 0 Å². The molecule has 1 aromatic carbocycles. The van der Waals surface area contributed by atoms with Gasteiger partial charge in [-0.1, -0.05) is 65.5 Å². The molecule has 0 N–H and O–H groups in total. The zero-order valence-corrected chi connectivity index (χ0v) is 18.5. The third-order valence-corrected chi connectivity index (χ3v) is 10.2. The van der Waals surface area contributed by atoms with E-state index in [1.54, 1.807) is 24.6 Å². The van der Waals surface area contributed by atoms with Crippen LogP contribution in [0.3, 0.4) is 0 Å². The fourth-order valence-corrected chi connectivity index (χ4v) is 8.69. The summed E-state index contributed by atoms with van der Waals surface area (Å²) < 4.78 is 0. The van der Waals surface area contributed by atoms with Gasteiger partial charge in [-0.15, -0.1) is 0 Å². The quantitative estimate of drug-likeness (QED) is 0.382. The van der Waals surface area contributed by atoms with Gasteiger partial charge < -0.3 is 15.4 Å². The van der Waals surface area contributed by atoms with Gasteiger partial charge in [-0.3, -0.25) is 0 Å². The SMILES string of the molecule is CCCC[P+](CCCC)(CCCC)CCCC.c1ccc2n[n-]nc2c1. The summed E-state index contributed by atoms with van der Waals surface area (Å²) >= 11 is 0. The predicted octanol–water partition coefficient (Wildman–Crippen LogP) is 6.79. The van der Waals surface area contributed by atoms with Crippen LogP contribution in [0.25, 0.3) is 11.0 Å². The molecule has 0 aliphatic rings. The summed E-state index contributed by atoms with van der Waals surface area (Å²) in [5.74, 6) is 0. The Balaban J connectivity index is 0.000000308. The van der Waals surface area contributed by atoms with Gasteiger partial charge in [-0.05, 0) is 37.8 Å². The molecule has 1 aromatic heterocycles. The Morgan fingerprint density at radius 1 is 0.654 bits per heavy atom. The monoisotopic (exact) mass is 377 g/mol. The third-order valence-electron chi connectivity index (χ3n) is 5.13. The summed E-state index contributed by atoms with van der Waals surface area (Å²) in [5, 5.41) is 11.0. The number of benzene rings is 1. The van der Waals surface area contributed by atoms with Gasteiger partial charge in [0.1, 0.15) is 0 Å². The van der Waals surface area contributed by atoms with Gasteiger partial charge in [-0.25, -0.2) is 0 Å². The second kappa shape index (κ2) is 14.2. The Hall–Kier alpha value is -0.950. The molecule has 2 rings (SSSR count). The van der Waals surface area contributed by atoms with Crippen LogP contribution in [-0.4, -0.2) is 34.8 Å². The second-order valence-electron chi connectivity index (χ2n) is 7.43. The first-order valence-corrected chi connectivity index (χ1v) is 13.3. The predicted molar refractivity (Wildman–Crippen MR) is 119 cm³/mol. The molecule has 0 amide bonds. The maximum atomic E-state index is 3.76. The Bertz CT molecular complexity index is 500. The fraction of sp³-hybridized carbons (Fsp3) is 0.727. The van der Waals surface area contributed by atoms with E-state index in [4.69, 9.17) is 0 Å². The molecule has 0 aliphatic heterocycles. The minimum atomic E-state index is -0.562. The number of hydrogen-bond acceptors (Lipinski definition) is 2. The number of fused-ring (bicyclic) bond motifs is 1. The van der Waals surface area contributed by atoms with Crippen molar-refractivity contribution in [3.8, 4) is 0 Å². The lowest BCUT2D eigenvalue weighted by molar-refractivity contribution is 0.814. The summed E-state index contributed by atoms with van der Waals surface area (Å²) in [6, 6.07) is 7.60. The zero-order chi connectivity index (χ0) is 19.1. The molecule has 0 radical (unpaired) electrons. The van der Waals surface area contributed by atoms with Gasteiger partial charge in [0, 0.05) is 7.26 Å². The molecule has 3 nitrogen and oxygen atoms in total. The first kappa shape index (κ1) is 23.1. The van der Waals surface area contributed by atoms with Crippen LogP contribution < -0.4 is 5.21 Å². The number of nitrogens with zero attached hydrogens (tertiary/aromatic N) is 3. The highest BCUT2D eigenvalue weighted by molar-refractivity contribution is 7.75. The topological polar surface area (TPSA) is 39.9 Å². The highest BCUT2D eigenvalue weighted by Gasteiger charge is 2.34. The largest absolute Gasteiger partial charge is 0.492 e. The van der Waals surface area contributed by atoms with E-state index >= 15 is 0 Å². The molecule has 26 heavy (non-hydrogen) atoms. The number of unbranched alkanes of at least 4 members (excludes halogenated alkanes) is 4. The molecule has 2 aromatic rings. The highest BCUT2D eigenvalue weighted by Crippen LogP contribution is 2.61. The lowest BCUT2D eigenvalue weighted by Gasteiger charge is -2.28. The van der Waals surface area contributed by atoms with E-state index in [1.165, 1.54) is 51.4 Å². The zero-order valence-electron chi connectivity index (χ0n) is 17.6. The lowest BCUT2D eigenvalue weighted by atomic mass is 10.3. The normalized spacial score (nSPS) is 11.4. The first-order valence-electron chi connectivity index (χ1n) is 10.8. The number of rotatable bonds is 12. The minimum Gasteiger partial charge on any atom is -0.492 e. The van der Waals surface area contributed by atoms with Crippen molar-refractivity contribution in [2.45, 2.75) is 79.1 Å². The van der Waals surface area contributed by atoms with E-state index in [0.717, 1.165) is 11.0 Å². The molecule has 0 atom stereocenters. The molecule has 4 heteroatoms. The van der Waals surface area contributed by atoms with Crippen molar-refractivity contribution in [3.63, 3.8) is 0 Å². The minimum absolute atomic E-state index is 0.562. The van der Waals surface area contributed by atoms with E-state index in [0.29, 0.717) is 0 Å². The van der Waals surface area contributed by atoms with Crippen molar-refractivity contribution < 1.29 is 0 Å². The van der Waals surface area contributed by atoms with E-state index in [-0.39, 0.29) is 0 Å². The molecule has 1 heterocycles. The molecule has 0 spiro atoms. The van der Waals surface area contributed by atoms with Crippen molar-refractivity contribution in [2.24, 2.45) is 0 Å². The van der Waals surface area contributed by atoms with E-state index in [2.05, 4.69) is 43.1 Å². The van der Waals surface area contributed by atoms with Crippen LogP contribution in [0.15, 0.2) is 24.3 Å². The molecule has 0 bridgehead atoms. The van der Waals surface area contributed by atoms with Crippen LogP contribution in [0.2, 0.25) is 0 Å². The van der Waals surface area contributed by atoms with E-state index < -0.39 is 7.26 Å². The fourth-order valence-electron chi connectivity index (χ4n) is 3.40. The Morgan fingerprint density at radius 2 is 1.00 bits per heavy atom. The molecule has 0 unspecified atom stereocenters. The third kappa shape index (κ3) is 8.62.